The Morgan fingerprint density at radius 2 is 1.46 bits per heavy atom. The number of alkyl carbamates (subject to hydrolysis) is 1. The maximum atomic E-state index is 12.6. The van der Waals surface area contributed by atoms with Crippen LogP contribution in [0.5, 0.6) is 0 Å². The van der Waals surface area contributed by atoms with E-state index in [4.69, 9.17) is 19.9 Å². The molecule has 1 aromatic carbocycles. The van der Waals surface area contributed by atoms with Crippen LogP contribution in [0.1, 0.15) is 53.5 Å². The first-order valence-electron chi connectivity index (χ1n) is 8.93. The zero-order valence-corrected chi connectivity index (χ0v) is 17.3. The molecule has 0 unspecified atom stereocenters. The Balaban J connectivity index is 2.88. The summed E-state index contributed by atoms with van der Waals surface area (Å²) in [7, 11) is 0. The molecule has 8 heteroatoms. The smallest absolute Gasteiger partial charge is 0.409 e. The van der Waals surface area contributed by atoms with Gasteiger partial charge in [0.25, 0.3) is 0 Å². The van der Waals surface area contributed by atoms with Crippen LogP contribution >= 0.6 is 0 Å². The highest BCUT2D eigenvalue weighted by atomic mass is 16.6. The van der Waals surface area contributed by atoms with Crippen molar-refractivity contribution in [3.05, 3.63) is 35.9 Å². The third-order valence-corrected chi connectivity index (χ3v) is 3.14. The summed E-state index contributed by atoms with van der Waals surface area (Å²) in [6.07, 6.45) is -1.57. The number of hydrogen-bond donors (Lipinski definition) is 2. The number of hydrogen-bond acceptors (Lipinski definition) is 7. The third kappa shape index (κ3) is 8.85. The number of benzene rings is 1. The highest BCUT2D eigenvalue weighted by Crippen LogP contribution is 2.17. The standard InChI is InChI=1S/C20H30N2O6/c1-18(2,3)27-15(23)12-20(21,16(24)28-19(4,5)6)22-17(25)26-13-14-10-8-7-9-11-14/h7-11H,12-13,21H2,1-6H3,(H,22,25)/t20-/m0/s1. The first-order valence-corrected chi connectivity index (χ1v) is 8.93. The van der Waals surface area contributed by atoms with Gasteiger partial charge in [-0.25, -0.2) is 9.59 Å². The zero-order valence-electron chi connectivity index (χ0n) is 17.3. The summed E-state index contributed by atoms with van der Waals surface area (Å²) in [6.45, 7) is 9.95. The fourth-order valence-electron chi connectivity index (χ4n) is 2.08. The number of nitrogens with two attached hydrogens (primary N) is 1. The van der Waals surface area contributed by atoms with E-state index >= 15 is 0 Å². The SMILES string of the molecule is CC(C)(C)OC(=O)C[C@](N)(NC(=O)OCc1ccccc1)C(=O)OC(C)(C)C. The van der Waals surface area contributed by atoms with Gasteiger partial charge >= 0.3 is 18.0 Å². The van der Waals surface area contributed by atoms with Crippen LogP contribution < -0.4 is 11.1 Å². The number of carbonyl (C=O) groups is 3. The second-order valence-electron chi connectivity index (χ2n) is 8.42. The molecule has 1 rings (SSSR count). The third-order valence-electron chi connectivity index (χ3n) is 3.14. The molecule has 0 bridgehead atoms. The Bertz CT molecular complexity index is 691. The van der Waals surface area contributed by atoms with Gasteiger partial charge in [-0.05, 0) is 47.1 Å². The van der Waals surface area contributed by atoms with Gasteiger partial charge in [0.2, 0.25) is 5.66 Å². The molecule has 1 atom stereocenters. The van der Waals surface area contributed by atoms with Gasteiger partial charge in [0.1, 0.15) is 17.8 Å². The topological polar surface area (TPSA) is 117 Å². The second-order valence-corrected chi connectivity index (χ2v) is 8.42. The van der Waals surface area contributed by atoms with Crippen LogP contribution in [-0.2, 0) is 30.4 Å². The van der Waals surface area contributed by atoms with Crippen LogP contribution in [0.2, 0.25) is 0 Å². The summed E-state index contributed by atoms with van der Waals surface area (Å²) in [5, 5.41) is 2.24. The lowest BCUT2D eigenvalue weighted by Crippen LogP contribution is -2.64. The minimum atomic E-state index is -2.14. The summed E-state index contributed by atoms with van der Waals surface area (Å²) in [4.78, 5) is 37.0. The van der Waals surface area contributed by atoms with Gasteiger partial charge in [-0.1, -0.05) is 30.3 Å². The minimum absolute atomic E-state index is 0.0243. The molecular formula is C20H30N2O6. The number of esters is 2. The molecule has 0 spiro atoms. The molecule has 156 valence electrons. The first-order chi connectivity index (χ1) is 12.7. The Hall–Kier alpha value is -2.61. The lowest BCUT2D eigenvalue weighted by atomic mass is 10.1. The summed E-state index contributed by atoms with van der Waals surface area (Å²) in [6, 6.07) is 8.98. The van der Waals surface area contributed by atoms with Crippen molar-refractivity contribution in [2.24, 2.45) is 5.73 Å². The molecule has 0 aliphatic rings. The number of nitrogens with one attached hydrogen (secondary N) is 1. The summed E-state index contributed by atoms with van der Waals surface area (Å²) < 4.78 is 15.6. The van der Waals surface area contributed by atoms with Crippen molar-refractivity contribution in [3.8, 4) is 0 Å². The fourth-order valence-corrected chi connectivity index (χ4v) is 2.08. The lowest BCUT2D eigenvalue weighted by molar-refractivity contribution is -0.170. The van der Waals surface area contributed by atoms with Gasteiger partial charge in [-0.3, -0.25) is 15.8 Å². The number of rotatable bonds is 6. The molecule has 0 saturated carbocycles. The second kappa shape index (κ2) is 9.05. The molecule has 3 N–H and O–H groups in total. The summed E-state index contributed by atoms with van der Waals surface area (Å²) in [5.74, 6) is -1.73. The Morgan fingerprint density at radius 3 is 1.96 bits per heavy atom. The van der Waals surface area contributed by atoms with E-state index in [1.807, 2.05) is 6.07 Å². The summed E-state index contributed by atoms with van der Waals surface area (Å²) >= 11 is 0. The molecule has 0 heterocycles. The molecular weight excluding hydrogens is 364 g/mol. The predicted molar refractivity (Wildman–Crippen MR) is 103 cm³/mol. The Labute approximate surface area is 165 Å². The monoisotopic (exact) mass is 394 g/mol. The highest BCUT2D eigenvalue weighted by molar-refractivity contribution is 5.90. The van der Waals surface area contributed by atoms with E-state index in [0.717, 1.165) is 5.56 Å². The fraction of sp³-hybridized carbons (Fsp3) is 0.550. The maximum absolute atomic E-state index is 12.6. The van der Waals surface area contributed by atoms with Crippen LogP contribution in [-0.4, -0.2) is 34.9 Å². The average Bonchev–Trinajstić information content (AvgIpc) is 2.50. The van der Waals surface area contributed by atoms with Gasteiger partial charge in [-0.2, -0.15) is 0 Å². The van der Waals surface area contributed by atoms with Crippen LogP contribution in [0.25, 0.3) is 0 Å². The van der Waals surface area contributed by atoms with E-state index in [2.05, 4.69) is 5.32 Å². The number of carbonyl (C=O) groups excluding carboxylic acids is 3. The van der Waals surface area contributed by atoms with Gasteiger partial charge in [0.15, 0.2) is 0 Å². The van der Waals surface area contributed by atoms with Crippen molar-refractivity contribution in [1.82, 2.24) is 5.32 Å². The van der Waals surface area contributed by atoms with Crippen molar-refractivity contribution in [3.63, 3.8) is 0 Å². The van der Waals surface area contributed by atoms with Crippen molar-refractivity contribution >= 4 is 18.0 Å². The van der Waals surface area contributed by atoms with Gasteiger partial charge in [-0.15, -0.1) is 0 Å². The Morgan fingerprint density at radius 1 is 0.929 bits per heavy atom. The van der Waals surface area contributed by atoms with Crippen LogP contribution in [0, 0.1) is 0 Å². The van der Waals surface area contributed by atoms with Crippen molar-refractivity contribution in [2.75, 3.05) is 0 Å². The molecule has 0 aliphatic heterocycles. The minimum Gasteiger partial charge on any atom is -0.460 e. The molecule has 1 amide bonds. The molecule has 8 nitrogen and oxygen atoms in total. The van der Waals surface area contributed by atoms with Gasteiger partial charge in [0.05, 0.1) is 6.42 Å². The lowest BCUT2D eigenvalue weighted by Gasteiger charge is -2.31. The van der Waals surface area contributed by atoms with E-state index in [0.29, 0.717) is 0 Å². The molecule has 0 fully saturated rings. The van der Waals surface area contributed by atoms with Crippen LogP contribution in [0.4, 0.5) is 4.79 Å². The largest absolute Gasteiger partial charge is 0.460 e. The van der Waals surface area contributed by atoms with Crippen molar-refractivity contribution in [1.29, 1.82) is 0 Å². The van der Waals surface area contributed by atoms with Crippen molar-refractivity contribution < 1.29 is 28.6 Å². The number of ether oxygens (including phenoxy) is 3. The van der Waals surface area contributed by atoms with E-state index in [1.54, 1.807) is 65.8 Å². The predicted octanol–water partition coefficient (Wildman–Crippen LogP) is 2.64. The van der Waals surface area contributed by atoms with Gasteiger partial charge in [0, 0.05) is 0 Å². The summed E-state index contributed by atoms with van der Waals surface area (Å²) in [5.41, 5.74) is 3.02. The first kappa shape index (κ1) is 23.4. The van der Waals surface area contributed by atoms with E-state index in [-0.39, 0.29) is 6.61 Å². The highest BCUT2D eigenvalue weighted by Gasteiger charge is 2.43. The van der Waals surface area contributed by atoms with Crippen molar-refractivity contribution in [2.45, 2.75) is 71.4 Å². The van der Waals surface area contributed by atoms with Gasteiger partial charge < -0.3 is 14.2 Å². The van der Waals surface area contributed by atoms with Crippen LogP contribution in [0.15, 0.2) is 30.3 Å². The molecule has 0 radical (unpaired) electrons. The zero-order chi connectivity index (χ0) is 21.6. The molecule has 28 heavy (non-hydrogen) atoms. The molecule has 0 aliphatic carbocycles. The van der Waals surface area contributed by atoms with E-state index in [9.17, 15) is 14.4 Å². The molecule has 0 saturated heterocycles. The normalized spacial score (nSPS) is 13.8. The molecule has 0 aromatic heterocycles. The van der Waals surface area contributed by atoms with Crippen LogP contribution in [0.3, 0.4) is 0 Å². The van der Waals surface area contributed by atoms with E-state index < -0.39 is 41.3 Å². The van der Waals surface area contributed by atoms with E-state index in [1.165, 1.54) is 0 Å². The maximum Gasteiger partial charge on any atom is 0.409 e. The molecule has 1 aromatic rings. The Kier molecular flexibility index (Phi) is 7.58. The average molecular weight is 394 g/mol. The quantitative estimate of drug-likeness (QED) is 0.433. The number of amides is 1.